The number of hydrogen-bond donors (Lipinski definition) is 5. The van der Waals surface area contributed by atoms with E-state index < -0.39 is 24.6 Å². The summed E-state index contributed by atoms with van der Waals surface area (Å²) in [5, 5.41) is 28.6. The van der Waals surface area contributed by atoms with Crippen molar-refractivity contribution in [1.29, 1.82) is 0 Å². The van der Waals surface area contributed by atoms with Crippen LogP contribution in [-0.4, -0.2) is 59.6 Å². The summed E-state index contributed by atoms with van der Waals surface area (Å²) in [6, 6.07) is 0. The minimum absolute atomic E-state index is 0.141. The Hall–Kier alpha value is -0.530. The number of nitrogens with two attached hydrogens (primary N) is 1. The highest BCUT2D eigenvalue weighted by atomic mass is 16.4. The molecule has 0 radical (unpaired) electrons. The van der Waals surface area contributed by atoms with E-state index in [9.17, 15) is 9.90 Å². The molecule has 0 aromatic heterocycles. The van der Waals surface area contributed by atoms with Crippen molar-refractivity contribution in [3.8, 4) is 0 Å². The summed E-state index contributed by atoms with van der Waals surface area (Å²) in [6.07, 6.45) is 0.360. The number of aliphatic hydroxyl groups is 3. The fraction of sp³-hybridized carbons (Fsp3) is 0.900. The summed E-state index contributed by atoms with van der Waals surface area (Å²) in [5.41, 5.74) is 3.73. The van der Waals surface area contributed by atoms with E-state index in [1.807, 2.05) is 0 Å². The van der Waals surface area contributed by atoms with E-state index in [0.29, 0.717) is 0 Å². The number of hydrogen-bond acceptors (Lipinski definition) is 4. The van der Waals surface area contributed by atoms with Gasteiger partial charge in [-0.25, -0.2) is 0 Å². The monoisotopic (exact) mass is 236 g/mol. The van der Waals surface area contributed by atoms with Crippen molar-refractivity contribution in [2.75, 3.05) is 26.2 Å². The fourth-order valence-electron chi connectivity index (χ4n) is 1.32. The molecule has 0 rings (SSSR count). The van der Waals surface area contributed by atoms with Crippen molar-refractivity contribution in [1.82, 2.24) is 0 Å². The number of Topliss-reactive ketones (excluding diaryl/α,β-unsaturated/α-hetero) is 1. The molecule has 0 aliphatic heterocycles. The minimum Gasteiger partial charge on any atom is -0.394 e. The van der Waals surface area contributed by atoms with Gasteiger partial charge in [-0.2, -0.15) is 0 Å². The van der Waals surface area contributed by atoms with Crippen LogP contribution in [0.1, 0.15) is 19.3 Å². The molecule has 0 fully saturated rings. The minimum atomic E-state index is -1.47. The van der Waals surface area contributed by atoms with Gasteiger partial charge in [0.05, 0.1) is 19.7 Å². The SMILES string of the molecule is [NH3+]CCCCC[NH2+]CC(=O)[C@H](O)[C@H](O)CO. The van der Waals surface area contributed by atoms with Gasteiger partial charge in [0.15, 0.2) is 0 Å². The zero-order chi connectivity index (χ0) is 12.4. The Bertz CT molecular complexity index is 190. The lowest BCUT2D eigenvalue weighted by molar-refractivity contribution is -0.644. The maximum Gasteiger partial charge on any atom is 0.217 e. The van der Waals surface area contributed by atoms with E-state index >= 15 is 0 Å². The van der Waals surface area contributed by atoms with Crippen LogP contribution in [-0.2, 0) is 4.79 Å². The van der Waals surface area contributed by atoms with Crippen molar-refractivity contribution in [3.05, 3.63) is 0 Å². The molecular weight excluding hydrogens is 212 g/mol. The quantitative estimate of drug-likeness (QED) is 0.250. The van der Waals surface area contributed by atoms with Gasteiger partial charge in [-0.15, -0.1) is 0 Å². The molecule has 6 nitrogen and oxygen atoms in total. The average molecular weight is 236 g/mol. The van der Waals surface area contributed by atoms with Crippen LogP contribution in [0, 0.1) is 0 Å². The number of rotatable bonds is 10. The second-order valence-corrected chi connectivity index (χ2v) is 3.86. The smallest absolute Gasteiger partial charge is 0.217 e. The lowest BCUT2D eigenvalue weighted by Gasteiger charge is -2.13. The molecule has 0 aliphatic carbocycles. The molecule has 0 aromatic carbocycles. The lowest BCUT2D eigenvalue weighted by Crippen LogP contribution is -2.86. The Kier molecular flexibility index (Phi) is 9.36. The van der Waals surface area contributed by atoms with E-state index in [4.69, 9.17) is 10.2 Å². The third-order valence-electron chi connectivity index (χ3n) is 2.39. The summed E-state index contributed by atoms with van der Waals surface area (Å²) >= 11 is 0. The first kappa shape index (κ1) is 15.5. The van der Waals surface area contributed by atoms with Crippen LogP contribution >= 0.6 is 0 Å². The highest BCUT2D eigenvalue weighted by Crippen LogP contribution is 1.92. The van der Waals surface area contributed by atoms with Crippen molar-refractivity contribution in [2.24, 2.45) is 0 Å². The van der Waals surface area contributed by atoms with Gasteiger partial charge in [0.1, 0.15) is 18.8 Å². The van der Waals surface area contributed by atoms with Crippen molar-refractivity contribution < 1.29 is 31.2 Å². The maximum absolute atomic E-state index is 11.3. The summed E-state index contributed by atoms with van der Waals surface area (Å²) in [7, 11) is 0. The van der Waals surface area contributed by atoms with Crippen LogP contribution in [0.2, 0.25) is 0 Å². The van der Waals surface area contributed by atoms with E-state index in [0.717, 1.165) is 32.4 Å². The maximum atomic E-state index is 11.3. The lowest BCUT2D eigenvalue weighted by atomic mass is 10.1. The number of carbonyl (C=O) groups excluding carboxylic acids is 1. The molecule has 16 heavy (non-hydrogen) atoms. The van der Waals surface area contributed by atoms with Crippen LogP contribution in [0.25, 0.3) is 0 Å². The van der Waals surface area contributed by atoms with Gasteiger partial charge in [-0.3, -0.25) is 4.79 Å². The molecule has 2 atom stereocenters. The van der Waals surface area contributed by atoms with Crippen molar-refractivity contribution in [3.63, 3.8) is 0 Å². The summed E-state index contributed by atoms with van der Waals surface area (Å²) in [6.45, 7) is 1.30. The van der Waals surface area contributed by atoms with Crippen LogP contribution in [0.15, 0.2) is 0 Å². The third kappa shape index (κ3) is 6.86. The fourth-order valence-corrected chi connectivity index (χ4v) is 1.32. The number of quaternary nitrogens is 2. The van der Waals surface area contributed by atoms with E-state index in [1.54, 1.807) is 5.32 Å². The van der Waals surface area contributed by atoms with Gasteiger partial charge in [0.25, 0.3) is 0 Å². The average Bonchev–Trinajstić information content (AvgIpc) is 2.31. The standard InChI is InChI=1S/C10H22N2O4/c11-4-2-1-3-5-12-6-8(14)10(16)9(15)7-13/h9-10,12-13,15-16H,1-7,11H2/p+2/t9-,10+/m1/s1. The topological polar surface area (TPSA) is 122 Å². The molecule has 0 aromatic rings. The molecule has 6 heteroatoms. The number of aliphatic hydroxyl groups excluding tert-OH is 3. The Balaban J connectivity index is 3.50. The Morgan fingerprint density at radius 2 is 1.94 bits per heavy atom. The van der Waals surface area contributed by atoms with Crippen molar-refractivity contribution in [2.45, 2.75) is 31.5 Å². The van der Waals surface area contributed by atoms with Gasteiger partial charge in [-0.1, -0.05) is 0 Å². The summed E-state index contributed by atoms with van der Waals surface area (Å²) < 4.78 is 0. The van der Waals surface area contributed by atoms with Crippen LogP contribution in [0.4, 0.5) is 0 Å². The first-order chi connectivity index (χ1) is 7.63. The number of ketones is 1. The molecule has 0 unspecified atom stereocenters. The highest BCUT2D eigenvalue weighted by Gasteiger charge is 2.24. The summed E-state index contributed by atoms with van der Waals surface area (Å²) in [5.74, 6) is -0.446. The molecule has 0 heterocycles. The molecule has 96 valence electrons. The highest BCUT2D eigenvalue weighted by molar-refractivity contribution is 5.84. The van der Waals surface area contributed by atoms with Gasteiger partial charge in [0, 0.05) is 0 Å². The normalized spacial score (nSPS) is 14.8. The summed E-state index contributed by atoms with van der Waals surface area (Å²) in [4.78, 5) is 11.3. The molecule has 0 saturated heterocycles. The predicted octanol–water partition coefficient (Wildman–Crippen LogP) is -3.75. The molecule has 0 bridgehead atoms. The Labute approximate surface area is 95.5 Å². The number of carbonyl (C=O) groups is 1. The third-order valence-corrected chi connectivity index (χ3v) is 2.39. The second kappa shape index (κ2) is 9.68. The van der Waals surface area contributed by atoms with Gasteiger partial charge >= 0.3 is 0 Å². The molecule has 0 saturated carbocycles. The first-order valence-corrected chi connectivity index (χ1v) is 5.74. The van der Waals surface area contributed by atoms with E-state index in [2.05, 4.69) is 5.73 Å². The Morgan fingerprint density at radius 3 is 2.50 bits per heavy atom. The van der Waals surface area contributed by atoms with Crippen molar-refractivity contribution >= 4 is 5.78 Å². The van der Waals surface area contributed by atoms with Crippen LogP contribution < -0.4 is 11.1 Å². The molecular formula is C10H24N2O4+2. The molecule has 0 spiro atoms. The molecule has 8 N–H and O–H groups in total. The van der Waals surface area contributed by atoms with Gasteiger partial charge in [-0.05, 0) is 19.3 Å². The number of unbranched alkanes of at least 4 members (excludes halogenated alkanes) is 2. The van der Waals surface area contributed by atoms with Crippen LogP contribution in [0.5, 0.6) is 0 Å². The largest absolute Gasteiger partial charge is 0.394 e. The second-order valence-electron chi connectivity index (χ2n) is 3.86. The van der Waals surface area contributed by atoms with Gasteiger partial charge in [0.2, 0.25) is 5.78 Å². The molecule has 0 aliphatic rings. The Morgan fingerprint density at radius 1 is 1.25 bits per heavy atom. The van der Waals surface area contributed by atoms with E-state index in [-0.39, 0.29) is 6.54 Å². The van der Waals surface area contributed by atoms with Crippen LogP contribution in [0.3, 0.4) is 0 Å². The first-order valence-electron chi connectivity index (χ1n) is 5.74. The molecule has 0 amide bonds. The van der Waals surface area contributed by atoms with E-state index in [1.165, 1.54) is 0 Å². The zero-order valence-electron chi connectivity index (χ0n) is 9.64. The predicted molar refractivity (Wildman–Crippen MR) is 57.4 cm³/mol. The zero-order valence-corrected chi connectivity index (χ0v) is 9.64. The van der Waals surface area contributed by atoms with Gasteiger partial charge < -0.3 is 26.4 Å².